The van der Waals surface area contributed by atoms with Gasteiger partial charge in [0, 0.05) is 17.8 Å². The maximum atomic E-state index is 5.99. The predicted octanol–water partition coefficient (Wildman–Crippen LogP) is 2.04. The van der Waals surface area contributed by atoms with E-state index in [1.807, 2.05) is 0 Å². The van der Waals surface area contributed by atoms with Gasteiger partial charge in [0.05, 0.1) is 5.54 Å². The van der Waals surface area contributed by atoms with E-state index >= 15 is 0 Å². The van der Waals surface area contributed by atoms with Crippen LogP contribution in [0.25, 0.3) is 0 Å². The zero-order valence-corrected chi connectivity index (χ0v) is 10.9. The van der Waals surface area contributed by atoms with Gasteiger partial charge in [0.2, 0.25) is 0 Å². The summed E-state index contributed by atoms with van der Waals surface area (Å²) in [6.07, 6.45) is 11.3. The summed E-state index contributed by atoms with van der Waals surface area (Å²) in [6.45, 7) is 0.700. The summed E-state index contributed by atoms with van der Waals surface area (Å²) in [5, 5.41) is 3.66. The van der Waals surface area contributed by atoms with Crippen LogP contribution in [0.1, 0.15) is 49.8 Å². The number of nitrogens with zero attached hydrogens (tertiary/aromatic N) is 2. The standard InChI is InChI=1S/C14H22N4/c15-9-14(7-3-4-8-14)18-13-11-5-1-2-6-12(11)16-10-17-13/h10H,1-9,15H2,(H,16,17,18). The van der Waals surface area contributed by atoms with Gasteiger partial charge in [0.15, 0.2) is 0 Å². The molecule has 0 aromatic carbocycles. The van der Waals surface area contributed by atoms with Crippen molar-refractivity contribution in [1.82, 2.24) is 9.97 Å². The molecule has 4 heteroatoms. The number of fused-ring (bicyclic) bond motifs is 1. The fourth-order valence-electron chi connectivity index (χ4n) is 3.31. The van der Waals surface area contributed by atoms with Crippen molar-refractivity contribution in [3.63, 3.8) is 0 Å². The Hall–Kier alpha value is -1.16. The SMILES string of the molecule is NCC1(Nc2ncnc3c2CCCC3)CCCC1. The maximum Gasteiger partial charge on any atom is 0.133 e. The molecule has 0 amide bonds. The van der Waals surface area contributed by atoms with Gasteiger partial charge in [-0.05, 0) is 38.5 Å². The minimum atomic E-state index is 0.0829. The summed E-state index contributed by atoms with van der Waals surface area (Å²) in [6, 6.07) is 0. The number of rotatable bonds is 3. The van der Waals surface area contributed by atoms with E-state index in [9.17, 15) is 0 Å². The Bertz CT molecular complexity index is 424. The minimum absolute atomic E-state index is 0.0829. The summed E-state index contributed by atoms with van der Waals surface area (Å²) >= 11 is 0. The number of nitrogens with two attached hydrogens (primary N) is 1. The first-order valence-electron chi connectivity index (χ1n) is 7.14. The Morgan fingerprint density at radius 3 is 2.67 bits per heavy atom. The molecule has 0 spiro atoms. The van der Waals surface area contributed by atoms with Crippen molar-refractivity contribution in [2.45, 2.75) is 56.9 Å². The van der Waals surface area contributed by atoms with Crippen LogP contribution in [-0.2, 0) is 12.8 Å². The van der Waals surface area contributed by atoms with Gasteiger partial charge in [-0.1, -0.05) is 12.8 Å². The molecule has 0 radical (unpaired) electrons. The predicted molar refractivity (Wildman–Crippen MR) is 72.6 cm³/mol. The molecule has 2 aliphatic rings. The summed E-state index contributed by atoms with van der Waals surface area (Å²) in [5.41, 5.74) is 8.65. The van der Waals surface area contributed by atoms with E-state index in [4.69, 9.17) is 5.73 Å². The first-order chi connectivity index (χ1) is 8.83. The third-order valence-electron chi connectivity index (χ3n) is 4.46. The highest BCUT2D eigenvalue weighted by Gasteiger charge is 2.33. The van der Waals surface area contributed by atoms with E-state index < -0.39 is 0 Å². The Labute approximate surface area is 108 Å². The molecule has 1 aromatic rings. The van der Waals surface area contributed by atoms with Gasteiger partial charge in [-0.25, -0.2) is 9.97 Å². The van der Waals surface area contributed by atoms with Crippen LogP contribution in [0.4, 0.5) is 5.82 Å². The fourth-order valence-corrected chi connectivity index (χ4v) is 3.31. The number of hydrogen-bond donors (Lipinski definition) is 2. The molecular formula is C14H22N4. The number of hydrogen-bond acceptors (Lipinski definition) is 4. The normalized spacial score (nSPS) is 21.6. The lowest BCUT2D eigenvalue weighted by atomic mass is 9.94. The first-order valence-corrected chi connectivity index (χ1v) is 7.14. The molecule has 1 heterocycles. The molecule has 1 saturated carbocycles. The molecule has 98 valence electrons. The highest BCUT2D eigenvalue weighted by Crippen LogP contribution is 2.34. The van der Waals surface area contributed by atoms with Crippen molar-refractivity contribution < 1.29 is 0 Å². The Morgan fingerprint density at radius 2 is 1.89 bits per heavy atom. The van der Waals surface area contributed by atoms with Crippen molar-refractivity contribution in [3.8, 4) is 0 Å². The molecule has 4 nitrogen and oxygen atoms in total. The summed E-state index contributed by atoms with van der Waals surface area (Å²) < 4.78 is 0. The van der Waals surface area contributed by atoms with E-state index in [1.165, 1.54) is 49.8 Å². The Balaban J connectivity index is 1.88. The Morgan fingerprint density at radius 1 is 1.11 bits per heavy atom. The van der Waals surface area contributed by atoms with Crippen LogP contribution in [0.3, 0.4) is 0 Å². The lowest BCUT2D eigenvalue weighted by Gasteiger charge is -2.31. The molecule has 1 fully saturated rings. The van der Waals surface area contributed by atoms with Crippen molar-refractivity contribution in [2.75, 3.05) is 11.9 Å². The molecule has 0 bridgehead atoms. The highest BCUT2D eigenvalue weighted by molar-refractivity contribution is 5.49. The second-order valence-electron chi connectivity index (χ2n) is 5.67. The van der Waals surface area contributed by atoms with Crippen LogP contribution >= 0.6 is 0 Å². The van der Waals surface area contributed by atoms with Gasteiger partial charge in [0.1, 0.15) is 12.1 Å². The molecule has 3 rings (SSSR count). The molecular weight excluding hydrogens is 224 g/mol. The first kappa shape index (κ1) is 11.9. The van der Waals surface area contributed by atoms with E-state index in [0.717, 1.165) is 18.7 Å². The van der Waals surface area contributed by atoms with Crippen molar-refractivity contribution in [3.05, 3.63) is 17.6 Å². The molecule has 0 unspecified atom stereocenters. The number of anilines is 1. The molecule has 18 heavy (non-hydrogen) atoms. The van der Waals surface area contributed by atoms with E-state index in [1.54, 1.807) is 6.33 Å². The van der Waals surface area contributed by atoms with E-state index in [2.05, 4.69) is 15.3 Å². The van der Waals surface area contributed by atoms with Gasteiger partial charge < -0.3 is 11.1 Å². The van der Waals surface area contributed by atoms with Gasteiger partial charge in [-0.15, -0.1) is 0 Å². The monoisotopic (exact) mass is 246 g/mol. The zero-order chi connectivity index (χ0) is 12.4. The van der Waals surface area contributed by atoms with Crippen molar-refractivity contribution >= 4 is 5.82 Å². The quantitative estimate of drug-likeness (QED) is 0.856. The molecule has 0 atom stereocenters. The Kier molecular flexibility index (Phi) is 3.20. The molecule has 0 aliphatic heterocycles. The van der Waals surface area contributed by atoms with Crippen LogP contribution in [0.5, 0.6) is 0 Å². The van der Waals surface area contributed by atoms with Crippen molar-refractivity contribution in [2.24, 2.45) is 5.73 Å². The molecule has 3 N–H and O–H groups in total. The third kappa shape index (κ3) is 2.09. The van der Waals surface area contributed by atoms with Gasteiger partial charge in [0.25, 0.3) is 0 Å². The van der Waals surface area contributed by atoms with Crippen LogP contribution in [0.15, 0.2) is 6.33 Å². The number of aryl methyl sites for hydroxylation is 1. The molecule has 1 aromatic heterocycles. The maximum absolute atomic E-state index is 5.99. The van der Waals surface area contributed by atoms with Crippen LogP contribution in [0, 0.1) is 0 Å². The summed E-state index contributed by atoms with van der Waals surface area (Å²) in [7, 11) is 0. The second-order valence-corrected chi connectivity index (χ2v) is 5.67. The number of aromatic nitrogens is 2. The van der Waals surface area contributed by atoms with Crippen LogP contribution in [-0.4, -0.2) is 22.1 Å². The van der Waals surface area contributed by atoms with Gasteiger partial charge >= 0.3 is 0 Å². The topological polar surface area (TPSA) is 63.8 Å². The smallest absolute Gasteiger partial charge is 0.133 e. The van der Waals surface area contributed by atoms with Crippen LogP contribution < -0.4 is 11.1 Å². The van der Waals surface area contributed by atoms with Crippen LogP contribution in [0.2, 0.25) is 0 Å². The largest absolute Gasteiger partial charge is 0.363 e. The second kappa shape index (κ2) is 4.84. The summed E-state index contributed by atoms with van der Waals surface area (Å²) in [5.74, 6) is 1.05. The van der Waals surface area contributed by atoms with Crippen molar-refractivity contribution in [1.29, 1.82) is 0 Å². The number of nitrogens with one attached hydrogen (secondary N) is 1. The fraction of sp³-hybridized carbons (Fsp3) is 0.714. The van der Waals surface area contributed by atoms with Gasteiger partial charge in [-0.2, -0.15) is 0 Å². The van der Waals surface area contributed by atoms with E-state index in [-0.39, 0.29) is 5.54 Å². The average Bonchev–Trinajstić information content (AvgIpc) is 2.88. The zero-order valence-electron chi connectivity index (χ0n) is 10.9. The lowest BCUT2D eigenvalue weighted by molar-refractivity contribution is 0.489. The minimum Gasteiger partial charge on any atom is -0.363 e. The lowest BCUT2D eigenvalue weighted by Crippen LogP contribution is -2.43. The van der Waals surface area contributed by atoms with Gasteiger partial charge in [-0.3, -0.25) is 0 Å². The molecule has 0 saturated heterocycles. The van der Waals surface area contributed by atoms with E-state index in [0.29, 0.717) is 6.54 Å². The highest BCUT2D eigenvalue weighted by atomic mass is 15.1. The molecule has 2 aliphatic carbocycles. The third-order valence-corrected chi connectivity index (χ3v) is 4.46. The summed E-state index contributed by atoms with van der Waals surface area (Å²) in [4.78, 5) is 8.89. The average molecular weight is 246 g/mol.